The van der Waals surface area contributed by atoms with Crippen LogP contribution in [0.5, 0.6) is 5.75 Å². The van der Waals surface area contributed by atoms with Crippen molar-refractivity contribution >= 4 is 15.8 Å². The van der Waals surface area contributed by atoms with Crippen LogP contribution in [0, 0.1) is 6.92 Å². The number of aromatic carboxylic acids is 1. The third-order valence-corrected chi connectivity index (χ3v) is 4.41. The highest BCUT2D eigenvalue weighted by Crippen LogP contribution is 2.24. The summed E-state index contributed by atoms with van der Waals surface area (Å²) in [6.45, 7) is 1.68. The maximum absolute atomic E-state index is 12.3. The molecule has 0 saturated heterocycles. The van der Waals surface area contributed by atoms with Gasteiger partial charge in [0.25, 0.3) is 0 Å². The van der Waals surface area contributed by atoms with Crippen molar-refractivity contribution in [2.45, 2.75) is 17.6 Å². The minimum atomic E-state index is -3.73. The van der Waals surface area contributed by atoms with Gasteiger partial charge in [0.15, 0.2) is 15.6 Å². The van der Waals surface area contributed by atoms with Crippen LogP contribution in [0.3, 0.4) is 0 Å². The summed E-state index contributed by atoms with van der Waals surface area (Å²) in [5.74, 6) is -1.37. The van der Waals surface area contributed by atoms with Crippen LogP contribution in [0.25, 0.3) is 0 Å². The van der Waals surface area contributed by atoms with E-state index in [0.29, 0.717) is 5.69 Å². The molecule has 2 aromatic rings. The molecule has 0 spiro atoms. The first-order valence-electron chi connectivity index (χ1n) is 5.90. The maximum Gasteiger partial charge on any atom is 0.339 e. The first kappa shape index (κ1) is 15.0. The van der Waals surface area contributed by atoms with E-state index in [9.17, 15) is 13.2 Å². The predicted molar refractivity (Wildman–Crippen MR) is 72.1 cm³/mol. The van der Waals surface area contributed by atoms with Crippen molar-refractivity contribution in [2.24, 2.45) is 0 Å². The van der Waals surface area contributed by atoms with Gasteiger partial charge in [-0.15, -0.1) is 0 Å². The maximum atomic E-state index is 12.3. The molecule has 8 heteroatoms. The quantitative estimate of drug-likeness (QED) is 0.894. The number of benzene rings is 1. The molecular formula is C13H13NO6S. The largest absolute Gasteiger partial charge is 0.496 e. The fraction of sp³-hybridized carbons (Fsp3) is 0.231. The lowest BCUT2D eigenvalue weighted by atomic mass is 10.2. The minimum Gasteiger partial charge on any atom is -0.496 e. The molecule has 0 unspecified atom stereocenters. The number of aromatic nitrogens is 1. The fourth-order valence-corrected chi connectivity index (χ4v) is 3.05. The van der Waals surface area contributed by atoms with Crippen LogP contribution < -0.4 is 4.74 Å². The van der Waals surface area contributed by atoms with Crippen molar-refractivity contribution in [2.75, 3.05) is 7.11 Å². The lowest BCUT2D eigenvalue weighted by molar-refractivity contribution is 0.0693. The molecule has 0 bridgehead atoms. The fourth-order valence-electron chi connectivity index (χ4n) is 1.80. The lowest BCUT2D eigenvalue weighted by Crippen LogP contribution is -2.07. The van der Waals surface area contributed by atoms with Crippen LogP contribution in [-0.2, 0) is 15.6 Å². The number of methoxy groups -OCH3 is 1. The number of rotatable bonds is 5. The molecule has 21 heavy (non-hydrogen) atoms. The van der Waals surface area contributed by atoms with Crippen molar-refractivity contribution in [3.63, 3.8) is 0 Å². The molecule has 0 aliphatic carbocycles. The molecule has 0 aliphatic rings. The Kier molecular flexibility index (Phi) is 3.99. The molecular weight excluding hydrogens is 298 g/mol. The van der Waals surface area contributed by atoms with Gasteiger partial charge in [0.1, 0.15) is 17.1 Å². The number of carboxylic acids is 1. The van der Waals surface area contributed by atoms with Gasteiger partial charge in [-0.25, -0.2) is 13.2 Å². The second-order valence-corrected chi connectivity index (χ2v) is 6.35. The van der Waals surface area contributed by atoms with Gasteiger partial charge in [-0.2, -0.15) is 0 Å². The molecule has 0 aliphatic heterocycles. The Morgan fingerprint density at radius 2 is 2.10 bits per heavy atom. The Morgan fingerprint density at radius 1 is 1.38 bits per heavy atom. The summed E-state index contributed by atoms with van der Waals surface area (Å²) in [5.41, 5.74) is 0.355. The van der Waals surface area contributed by atoms with Crippen molar-refractivity contribution < 1.29 is 27.6 Å². The van der Waals surface area contributed by atoms with Gasteiger partial charge < -0.3 is 14.4 Å². The van der Waals surface area contributed by atoms with E-state index in [0.717, 1.165) is 6.07 Å². The smallest absolute Gasteiger partial charge is 0.339 e. The molecule has 7 nitrogen and oxygen atoms in total. The molecule has 2 rings (SSSR count). The normalized spacial score (nSPS) is 11.3. The molecule has 1 aromatic heterocycles. The van der Waals surface area contributed by atoms with Crippen LogP contribution in [-0.4, -0.2) is 31.8 Å². The van der Waals surface area contributed by atoms with Crippen LogP contribution in [0.2, 0.25) is 0 Å². The van der Waals surface area contributed by atoms with Crippen LogP contribution in [0.15, 0.2) is 33.7 Å². The molecule has 1 heterocycles. The third-order valence-electron chi connectivity index (χ3n) is 2.77. The van der Waals surface area contributed by atoms with Crippen molar-refractivity contribution in [1.82, 2.24) is 5.16 Å². The minimum absolute atomic E-state index is 0.0944. The number of carboxylic acid groups (broad SMARTS) is 1. The highest BCUT2D eigenvalue weighted by Gasteiger charge is 2.21. The van der Waals surface area contributed by atoms with E-state index in [2.05, 4.69) is 5.16 Å². The van der Waals surface area contributed by atoms with Crippen LogP contribution in [0.4, 0.5) is 0 Å². The second-order valence-electron chi connectivity index (χ2n) is 4.36. The summed E-state index contributed by atoms with van der Waals surface area (Å²) >= 11 is 0. The monoisotopic (exact) mass is 311 g/mol. The van der Waals surface area contributed by atoms with Gasteiger partial charge in [0.2, 0.25) is 0 Å². The molecule has 0 amide bonds. The summed E-state index contributed by atoms with van der Waals surface area (Å²) in [7, 11) is -2.42. The Morgan fingerprint density at radius 3 is 2.62 bits per heavy atom. The van der Waals surface area contributed by atoms with Crippen molar-refractivity contribution in [3.8, 4) is 5.75 Å². The van der Waals surface area contributed by atoms with E-state index in [1.165, 1.54) is 25.3 Å². The average Bonchev–Trinajstić information content (AvgIpc) is 2.82. The van der Waals surface area contributed by atoms with Gasteiger partial charge in [0, 0.05) is 6.07 Å². The number of sulfone groups is 1. The summed E-state index contributed by atoms with van der Waals surface area (Å²) in [6.07, 6.45) is 0. The summed E-state index contributed by atoms with van der Waals surface area (Å²) in [5, 5.41) is 12.7. The number of ether oxygens (including phenoxy) is 1. The number of hydrogen-bond acceptors (Lipinski definition) is 6. The topological polar surface area (TPSA) is 107 Å². The first-order valence-corrected chi connectivity index (χ1v) is 7.55. The Balaban J connectivity index is 2.40. The van der Waals surface area contributed by atoms with Crippen LogP contribution >= 0.6 is 0 Å². The number of carbonyl (C=O) groups is 1. The molecule has 1 N–H and O–H groups in total. The highest BCUT2D eigenvalue weighted by atomic mass is 32.2. The summed E-state index contributed by atoms with van der Waals surface area (Å²) in [6, 6.07) is 5.19. The molecule has 0 fully saturated rings. The van der Waals surface area contributed by atoms with E-state index in [1.807, 2.05) is 0 Å². The molecule has 112 valence electrons. The van der Waals surface area contributed by atoms with Gasteiger partial charge in [-0.3, -0.25) is 0 Å². The van der Waals surface area contributed by atoms with E-state index in [1.54, 1.807) is 6.92 Å². The Hall–Kier alpha value is -2.35. The zero-order chi connectivity index (χ0) is 15.6. The molecule has 0 radical (unpaired) electrons. The molecule has 0 atom stereocenters. The van der Waals surface area contributed by atoms with Gasteiger partial charge >= 0.3 is 5.97 Å². The highest BCUT2D eigenvalue weighted by molar-refractivity contribution is 7.90. The SMILES string of the molecule is COc1ccc(S(=O)(=O)Cc2cc(C)no2)cc1C(=O)O. The number of nitrogens with zero attached hydrogens (tertiary/aromatic N) is 1. The molecule has 0 saturated carbocycles. The zero-order valence-corrected chi connectivity index (χ0v) is 12.2. The van der Waals surface area contributed by atoms with Gasteiger partial charge in [-0.05, 0) is 25.1 Å². The Labute approximate surface area is 121 Å². The van der Waals surface area contributed by atoms with Crippen molar-refractivity contribution in [3.05, 3.63) is 41.3 Å². The third kappa shape index (κ3) is 3.22. The van der Waals surface area contributed by atoms with Gasteiger partial charge in [0.05, 0.1) is 17.7 Å². The summed E-state index contributed by atoms with van der Waals surface area (Å²) < 4.78 is 34.3. The summed E-state index contributed by atoms with van der Waals surface area (Å²) in [4.78, 5) is 11.0. The van der Waals surface area contributed by atoms with E-state index < -0.39 is 15.8 Å². The van der Waals surface area contributed by atoms with E-state index >= 15 is 0 Å². The van der Waals surface area contributed by atoms with Gasteiger partial charge in [-0.1, -0.05) is 5.16 Å². The number of hydrogen-bond donors (Lipinski definition) is 1. The van der Waals surface area contributed by atoms with E-state index in [-0.39, 0.29) is 27.7 Å². The second kappa shape index (κ2) is 5.57. The predicted octanol–water partition coefficient (Wildman–Crippen LogP) is 1.66. The van der Waals surface area contributed by atoms with Crippen LogP contribution in [0.1, 0.15) is 21.8 Å². The van der Waals surface area contributed by atoms with E-state index in [4.69, 9.17) is 14.4 Å². The first-order chi connectivity index (χ1) is 9.83. The average molecular weight is 311 g/mol. The standard InChI is InChI=1S/C13H13NO6S/c1-8-5-9(20-14-8)7-21(17,18)10-3-4-12(19-2)11(6-10)13(15)16/h3-6H,7H2,1-2H3,(H,15,16). The molecule has 1 aromatic carbocycles. The van der Waals surface area contributed by atoms with Crippen molar-refractivity contribution in [1.29, 1.82) is 0 Å². The lowest BCUT2D eigenvalue weighted by Gasteiger charge is -2.07. The zero-order valence-electron chi connectivity index (χ0n) is 11.4. The Bertz CT molecular complexity index is 778. The number of aryl methyl sites for hydroxylation is 1.